The van der Waals surface area contributed by atoms with E-state index in [4.69, 9.17) is 5.11 Å². The Labute approximate surface area is 132 Å². The van der Waals surface area contributed by atoms with Gasteiger partial charge in [0.2, 0.25) is 10.0 Å². The highest BCUT2D eigenvalue weighted by atomic mass is 32.2. The van der Waals surface area contributed by atoms with Gasteiger partial charge in [0.25, 0.3) is 9.84 Å². The summed E-state index contributed by atoms with van der Waals surface area (Å²) < 4.78 is 87.6. The molecule has 1 atom stereocenters. The van der Waals surface area contributed by atoms with E-state index in [9.17, 15) is 30.0 Å². The van der Waals surface area contributed by atoms with Gasteiger partial charge in [-0.1, -0.05) is 12.1 Å². The van der Waals surface area contributed by atoms with Crippen LogP contribution in [0.1, 0.15) is 19.8 Å². The van der Waals surface area contributed by atoms with Crippen molar-refractivity contribution in [3.63, 3.8) is 0 Å². The van der Waals surface area contributed by atoms with Crippen molar-refractivity contribution in [1.82, 2.24) is 4.72 Å². The zero-order valence-corrected chi connectivity index (χ0v) is 13.7. The highest BCUT2D eigenvalue weighted by Gasteiger charge is 2.49. The monoisotopic (exact) mass is 375 g/mol. The standard InChI is InChI=1S/C12H16F3NO5S2/c1-9(5-4-8-17)16-23(20,21)11-7-3-2-6-10(11)22(18,19)12(13,14)15/h2-3,6-7,9,16-17H,4-5,8H2,1H3/t9-/m0/s1. The summed E-state index contributed by atoms with van der Waals surface area (Å²) in [5.74, 6) is 0. The molecule has 6 nitrogen and oxygen atoms in total. The Hall–Kier alpha value is -1.17. The van der Waals surface area contributed by atoms with E-state index in [1.807, 2.05) is 0 Å². The lowest BCUT2D eigenvalue weighted by atomic mass is 10.2. The number of hydrogen-bond acceptors (Lipinski definition) is 5. The number of sulfonamides is 1. The number of rotatable bonds is 7. The molecule has 2 N–H and O–H groups in total. The number of aliphatic hydroxyl groups is 1. The van der Waals surface area contributed by atoms with E-state index in [-0.39, 0.29) is 19.4 Å². The van der Waals surface area contributed by atoms with E-state index >= 15 is 0 Å². The topological polar surface area (TPSA) is 101 Å². The summed E-state index contributed by atoms with van der Waals surface area (Å²) in [6.07, 6.45) is 0.524. The van der Waals surface area contributed by atoms with Gasteiger partial charge < -0.3 is 5.11 Å². The second-order valence-corrected chi connectivity index (χ2v) is 8.38. The fourth-order valence-electron chi connectivity index (χ4n) is 1.80. The molecule has 0 radical (unpaired) electrons. The molecule has 0 heterocycles. The van der Waals surface area contributed by atoms with E-state index in [1.165, 1.54) is 6.92 Å². The third-order valence-electron chi connectivity index (χ3n) is 2.88. The number of benzene rings is 1. The van der Waals surface area contributed by atoms with Gasteiger partial charge >= 0.3 is 5.51 Å². The van der Waals surface area contributed by atoms with Gasteiger partial charge in [0.15, 0.2) is 0 Å². The highest BCUT2D eigenvalue weighted by Crippen LogP contribution is 2.33. The normalized spacial score (nSPS) is 14.7. The summed E-state index contributed by atoms with van der Waals surface area (Å²) in [5.41, 5.74) is -5.61. The van der Waals surface area contributed by atoms with Crippen LogP contribution in [0.5, 0.6) is 0 Å². The summed E-state index contributed by atoms with van der Waals surface area (Å²) in [7, 11) is -10.3. The average Bonchev–Trinajstić information content (AvgIpc) is 2.43. The number of aliphatic hydroxyl groups excluding tert-OH is 1. The van der Waals surface area contributed by atoms with E-state index in [2.05, 4.69) is 4.72 Å². The Morgan fingerprint density at radius 1 is 1.13 bits per heavy atom. The predicted molar refractivity (Wildman–Crippen MR) is 75.8 cm³/mol. The Bertz CT molecular complexity index is 744. The lowest BCUT2D eigenvalue weighted by Gasteiger charge is -2.16. The van der Waals surface area contributed by atoms with Crippen LogP contribution in [0.25, 0.3) is 0 Å². The SMILES string of the molecule is C[C@@H](CCCO)NS(=O)(=O)c1ccccc1S(=O)(=O)C(F)(F)F. The highest BCUT2D eigenvalue weighted by molar-refractivity contribution is 7.94. The molecule has 0 saturated heterocycles. The molecule has 1 aromatic carbocycles. The summed E-state index contributed by atoms with van der Waals surface area (Å²) in [6.45, 7) is 1.28. The zero-order chi connectivity index (χ0) is 17.9. The Morgan fingerprint density at radius 2 is 1.65 bits per heavy atom. The van der Waals surface area contributed by atoms with Gasteiger partial charge in [0, 0.05) is 12.6 Å². The molecular weight excluding hydrogens is 359 g/mol. The first kappa shape index (κ1) is 19.9. The van der Waals surface area contributed by atoms with Crippen LogP contribution in [-0.4, -0.2) is 40.1 Å². The fourth-order valence-corrected chi connectivity index (χ4v) is 4.67. The largest absolute Gasteiger partial charge is 0.501 e. The van der Waals surface area contributed by atoms with Crippen LogP contribution in [0.4, 0.5) is 13.2 Å². The molecule has 11 heteroatoms. The van der Waals surface area contributed by atoms with Gasteiger partial charge in [0.1, 0.15) is 4.90 Å². The van der Waals surface area contributed by atoms with Gasteiger partial charge in [-0.2, -0.15) is 13.2 Å². The predicted octanol–water partition coefficient (Wildman–Crippen LogP) is 1.42. The third kappa shape index (κ3) is 4.66. The minimum absolute atomic E-state index is 0.175. The molecule has 23 heavy (non-hydrogen) atoms. The second-order valence-electron chi connectivity index (χ2n) is 4.78. The van der Waals surface area contributed by atoms with Crippen LogP contribution >= 0.6 is 0 Å². The smallest absolute Gasteiger partial charge is 0.396 e. The van der Waals surface area contributed by atoms with Gasteiger partial charge in [0.05, 0.1) is 4.90 Å². The number of nitrogens with one attached hydrogen (secondary N) is 1. The van der Waals surface area contributed by atoms with Gasteiger partial charge in [-0.15, -0.1) is 0 Å². The number of halogens is 3. The molecule has 0 unspecified atom stereocenters. The van der Waals surface area contributed by atoms with Crippen molar-refractivity contribution in [2.45, 2.75) is 41.1 Å². The van der Waals surface area contributed by atoms with Crippen LogP contribution in [0, 0.1) is 0 Å². The summed E-state index contributed by atoms with van der Waals surface area (Å²) >= 11 is 0. The summed E-state index contributed by atoms with van der Waals surface area (Å²) in [6, 6.07) is 2.83. The minimum atomic E-state index is -5.80. The van der Waals surface area contributed by atoms with Crippen LogP contribution in [0.2, 0.25) is 0 Å². The quantitative estimate of drug-likeness (QED) is 0.751. The first-order chi connectivity index (χ1) is 10.4. The molecule has 132 valence electrons. The zero-order valence-electron chi connectivity index (χ0n) is 12.0. The first-order valence-electron chi connectivity index (χ1n) is 6.47. The molecular formula is C12H16F3NO5S2. The minimum Gasteiger partial charge on any atom is -0.396 e. The number of alkyl halides is 3. The third-order valence-corrected chi connectivity index (χ3v) is 6.21. The van der Waals surface area contributed by atoms with E-state index in [0.717, 1.165) is 18.2 Å². The first-order valence-corrected chi connectivity index (χ1v) is 9.43. The molecule has 0 bridgehead atoms. The second kappa shape index (κ2) is 7.16. The maximum atomic E-state index is 12.7. The maximum Gasteiger partial charge on any atom is 0.501 e. The lowest BCUT2D eigenvalue weighted by Crippen LogP contribution is -2.34. The summed E-state index contributed by atoms with van der Waals surface area (Å²) in [5, 5.41) is 8.69. The van der Waals surface area contributed by atoms with E-state index in [0.29, 0.717) is 6.07 Å². The Kier molecular flexibility index (Phi) is 6.18. The molecule has 0 amide bonds. The molecule has 0 aromatic heterocycles. The molecule has 0 aliphatic rings. The van der Waals surface area contributed by atoms with Crippen molar-refractivity contribution in [2.24, 2.45) is 0 Å². The van der Waals surface area contributed by atoms with Crippen molar-refractivity contribution in [3.05, 3.63) is 24.3 Å². The number of hydrogen-bond donors (Lipinski definition) is 2. The van der Waals surface area contributed by atoms with Crippen molar-refractivity contribution in [3.8, 4) is 0 Å². The molecule has 0 aliphatic carbocycles. The van der Waals surface area contributed by atoms with Crippen LogP contribution in [-0.2, 0) is 19.9 Å². The molecule has 1 rings (SSSR count). The van der Waals surface area contributed by atoms with Crippen LogP contribution < -0.4 is 4.72 Å². The summed E-state index contributed by atoms with van der Waals surface area (Å²) in [4.78, 5) is -2.29. The van der Waals surface area contributed by atoms with Crippen molar-refractivity contribution in [2.75, 3.05) is 6.61 Å². The molecule has 0 spiro atoms. The van der Waals surface area contributed by atoms with Crippen molar-refractivity contribution >= 4 is 19.9 Å². The Balaban J connectivity index is 3.30. The number of sulfone groups is 1. The van der Waals surface area contributed by atoms with Gasteiger partial charge in [-0.05, 0) is 31.9 Å². The van der Waals surface area contributed by atoms with E-state index < -0.39 is 41.2 Å². The fraction of sp³-hybridized carbons (Fsp3) is 0.500. The average molecular weight is 375 g/mol. The van der Waals surface area contributed by atoms with Crippen molar-refractivity contribution in [1.29, 1.82) is 0 Å². The molecule has 0 saturated carbocycles. The molecule has 0 aliphatic heterocycles. The Morgan fingerprint density at radius 3 is 2.13 bits per heavy atom. The van der Waals surface area contributed by atoms with Crippen LogP contribution in [0.3, 0.4) is 0 Å². The van der Waals surface area contributed by atoms with Crippen LogP contribution in [0.15, 0.2) is 34.1 Å². The van der Waals surface area contributed by atoms with Gasteiger partial charge in [-0.3, -0.25) is 0 Å². The molecule has 0 fully saturated rings. The van der Waals surface area contributed by atoms with E-state index in [1.54, 1.807) is 0 Å². The van der Waals surface area contributed by atoms with Gasteiger partial charge in [-0.25, -0.2) is 21.6 Å². The lowest BCUT2D eigenvalue weighted by molar-refractivity contribution is -0.0437. The van der Waals surface area contributed by atoms with Crippen molar-refractivity contribution < 1.29 is 35.1 Å². The molecule has 1 aromatic rings. The maximum absolute atomic E-state index is 12.7.